The number of carbonyl (C=O) groups excluding carboxylic acids is 1. The predicted octanol–water partition coefficient (Wildman–Crippen LogP) is 2.64. The van der Waals surface area contributed by atoms with E-state index >= 15 is 0 Å². The maximum absolute atomic E-state index is 12.3. The first-order valence-corrected chi connectivity index (χ1v) is 7.45. The largest absolute Gasteiger partial charge is 0.336 e. The Balaban J connectivity index is 2.09. The quantitative estimate of drug-likeness (QED) is 0.909. The van der Waals surface area contributed by atoms with Crippen molar-refractivity contribution in [2.45, 2.75) is 25.8 Å². The number of rotatable bonds is 2. The van der Waals surface area contributed by atoms with Crippen molar-refractivity contribution in [3.63, 3.8) is 0 Å². The molecule has 5 heteroatoms. The average molecular weight is 317 g/mol. The summed E-state index contributed by atoms with van der Waals surface area (Å²) in [5, 5.41) is 3.26. The third kappa shape index (κ3) is 2.89. The van der Waals surface area contributed by atoms with Gasteiger partial charge in [0, 0.05) is 19.1 Å². The van der Waals surface area contributed by atoms with Gasteiger partial charge < -0.3 is 10.2 Å². The highest BCUT2D eigenvalue weighted by Crippen LogP contribution is 2.28. The fourth-order valence-corrected chi connectivity index (χ4v) is 3.62. The van der Waals surface area contributed by atoms with Crippen molar-refractivity contribution in [3.05, 3.63) is 20.3 Å². The maximum atomic E-state index is 12.3. The molecule has 0 bridgehead atoms. The van der Waals surface area contributed by atoms with Crippen LogP contribution in [0, 0.1) is 6.92 Å². The van der Waals surface area contributed by atoms with E-state index in [4.69, 9.17) is 0 Å². The first kappa shape index (κ1) is 13.1. The summed E-state index contributed by atoms with van der Waals surface area (Å²) in [5.74, 6) is 0.170. The molecule has 2 rings (SSSR count). The van der Waals surface area contributed by atoms with Gasteiger partial charge >= 0.3 is 0 Å². The van der Waals surface area contributed by atoms with Crippen LogP contribution in [0.4, 0.5) is 0 Å². The molecule has 1 saturated heterocycles. The van der Waals surface area contributed by atoms with E-state index in [2.05, 4.69) is 21.2 Å². The fourth-order valence-electron chi connectivity index (χ4n) is 2.12. The van der Waals surface area contributed by atoms with Crippen molar-refractivity contribution < 1.29 is 4.79 Å². The second-order valence-electron chi connectivity index (χ2n) is 4.45. The second kappa shape index (κ2) is 5.50. The molecule has 94 valence electrons. The van der Waals surface area contributed by atoms with Gasteiger partial charge in [0.15, 0.2) is 0 Å². The molecule has 1 aliphatic heterocycles. The number of amides is 1. The highest BCUT2D eigenvalue weighted by molar-refractivity contribution is 9.11. The van der Waals surface area contributed by atoms with Gasteiger partial charge in [-0.1, -0.05) is 0 Å². The summed E-state index contributed by atoms with van der Waals surface area (Å²) in [5.41, 5.74) is 1.14. The van der Waals surface area contributed by atoms with Gasteiger partial charge in [0.05, 0.1) is 8.66 Å². The van der Waals surface area contributed by atoms with E-state index in [1.54, 1.807) is 0 Å². The zero-order valence-corrected chi connectivity index (χ0v) is 12.5. The number of piperidine rings is 1. The summed E-state index contributed by atoms with van der Waals surface area (Å²) >= 11 is 5.00. The Morgan fingerprint density at radius 1 is 1.65 bits per heavy atom. The molecule has 1 aliphatic rings. The Kier molecular flexibility index (Phi) is 4.22. The Labute approximate surface area is 114 Å². The van der Waals surface area contributed by atoms with E-state index in [9.17, 15) is 4.79 Å². The highest BCUT2D eigenvalue weighted by atomic mass is 79.9. The number of carbonyl (C=O) groups is 1. The van der Waals surface area contributed by atoms with Crippen LogP contribution >= 0.6 is 27.3 Å². The van der Waals surface area contributed by atoms with E-state index in [0.717, 1.165) is 40.2 Å². The van der Waals surface area contributed by atoms with E-state index in [1.165, 1.54) is 11.3 Å². The molecule has 1 aromatic heterocycles. The lowest BCUT2D eigenvalue weighted by Gasteiger charge is -2.32. The molecular formula is C12H17BrN2OS. The summed E-state index contributed by atoms with van der Waals surface area (Å²) in [6.45, 7) is 3.72. The molecular weight excluding hydrogens is 300 g/mol. The Morgan fingerprint density at radius 3 is 3.00 bits per heavy atom. The molecule has 17 heavy (non-hydrogen) atoms. The minimum absolute atomic E-state index is 0.170. The normalized spacial score (nSPS) is 20.6. The van der Waals surface area contributed by atoms with Crippen LogP contribution in [0.2, 0.25) is 0 Å². The summed E-state index contributed by atoms with van der Waals surface area (Å²) in [7, 11) is 1.96. The number of hydrogen-bond acceptors (Lipinski definition) is 3. The minimum atomic E-state index is 0.170. The molecule has 3 nitrogen and oxygen atoms in total. The number of nitrogens with one attached hydrogen (secondary N) is 1. The number of likely N-dealkylation sites (N-methyl/N-ethyl adjacent to an activating group) is 1. The van der Waals surface area contributed by atoms with Gasteiger partial charge in [-0.25, -0.2) is 0 Å². The molecule has 1 N–H and O–H groups in total. The Hall–Kier alpha value is -0.390. The van der Waals surface area contributed by atoms with Crippen LogP contribution in [-0.2, 0) is 0 Å². The number of thiophene rings is 1. The van der Waals surface area contributed by atoms with Crippen molar-refractivity contribution in [2.75, 3.05) is 20.1 Å². The van der Waals surface area contributed by atoms with Crippen LogP contribution < -0.4 is 5.32 Å². The van der Waals surface area contributed by atoms with Crippen molar-refractivity contribution in [2.24, 2.45) is 0 Å². The lowest BCUT2D eigenvalue weighted by Crippen LogP contribution is -2.46. The van der Waals surface area contributed by atoms with Crippen LogP contribution in [0.5, 0.6) is 0 Å². The Morgan fingerprint density at radius 2 is 2.41 bits per heavy atom. The number of likely N-dealkylation sites (tertiary alicyclic amines) is 1. The zero-order valence-electron chi connectivity index (χ0n) is 10.1. The molecule has 1 aromatic rings. The summed E-state index contributed by atoms with van der Waals surface area (Å²) in [6, 6.07) is 2.41. The molecule has 0 aromatic carbocycles. The van der Waals surface area contributed by atoms with Crippen molar-refractivity contribution >= 4 is 33.2 Å². The van der Waals surface area contributed by atoms with Crippen molar-refractivity contribution in [3.8, 4) is 0 Å². The lowest BCUT2D eigenvalue weighted by atomic mass is 10.1. The van der Waals surface area contributed by atoms with Gasteiger partial charge in [-0.3, -0.25) is 4.79 Å². The monoisotopic (exact) mass is 316 g/mol. The lowest BCUT2D eigenvalue weighted by molar-refractivity contribution is 0.0703. The SMILES string of the molecule is CNC1CCCN(C(=O)c2cc(C)c(Br)s2)C1. The predicted molar refractivity (Wildman–Crippen MR) is 74.7 cm³/mol. The first-order chi connectivity index (χ1) is 8.11. The van der Waals surface area contributed by atoms with Gasteiger partial charge in [-0.05, 0) is 54.4 Å². The smallest absolute Gasteiger partial charge is 0.264 e. The minimum Gasteiger partial charge on any atom is -0.336 e. The van der Waals surface area contributed by atoms with E-state index in [1.807, 2.05) is 24.9 Å². The molecule has 0 saturated carbocycles. The standard InChI is InChI=1S/C12H17BrN2OS/c1-8-6-10(17-11(8)13)12(16)15-5-3-4-9(7-15)14-2/h6,9,14H,3-5,7H2,1-2H3. The Bertz CT molecular complexity index is 399. The summed E-state index contributed by atoms with van der Waals surface area (Å²) < 4.78 is 1.06. The molecule has 2 heterocycles. The molecule has 1 amide bonds. The fraction of sp³-hybridized carbons (Fsp3) is 0.583. The average Bonchev–Trinajstić information content (AvgIpc) is 2.69. The van der Waals surface area contributed by atoms with Crippen LogP contribution in [0.15, 0.2) is 9.85 Å². The highest BCUT2D eigenvalue weighted by Gasteiger charge is 2.24. The molecule has 0 radical (unpaired) electrons. The van der Waals surface area contributed by atoms with Gasteiger partial charge in [0.25, 0.3) is 5.91 Å². The molecule has 0 aliphatic carbocycles. The summed E-state index contributed by atoms with van der Waals surface area (Å²) in [4.78, 5) is 15.1. The zero-order chi connectivity index (χ0) is 12.4. The van der Waals surface area contributed by atoms with Crippen LogP contribution in [0.25, 0.3) is 0 Å². The molecule has 1 atom stereocenters. The number of nitrogens with zero attached hydrogens (tertiary/aromatic N) is 1. The van der Waals surface area contributed by atoms with E-state index < -0.39 is 0 Å². The maximum Gasteiger partial charge on any atom is 0.264 e. The third-order valence-electron chi connectivity index (χ3n) is 3.18. The van der Waals surface area contributed by atoms with Gasteiger partial charge in [0.1, 0.15) is 0 Å². The summed E-state index contributed by atoms with van der Waals surface area (Å²) in [6.07, 6.45) is 2.25. The van der Waals surface area contributed by atoms with Gasteiger partial charge in [-0.15, -0.1) is 11.3 Å². The third-order valence-corrected chi connectivity index (χ3v) is 5.31. The molecule has 1 unspecified atom stereocenters. The molecule has 0 spiro atoms. The topological polar surface area (TPSA) is 32.3 Å². The van der Waals surface area contributed by atoms with Gasteiger partial charge in [-0.2, -0.15) is 0 Å². The van der Waals surface area contributed by atoms with Crippen LogP contribution in [0.3, 0.4) is 0 Å². The van der Waals surface area contributed by atoms with Crippen molar-refractivity contribution in [1.29, 1.82) is 0 Å². The van der Waals surface area contributed by atoms with Crippen molar-refractivity contribution in [1.82, 2.24) is 10.2 Å². The second-order valence-corrected chi connectivity index (χ2v) is 6.82. The van der Waals surface area contributed by atoms with Gasteiger partial charge in [0.2, 0.25) is 0 Å². The van der Waals surface area contributed by atoms with Crippen LogP contribution in [-0.4, -0.2) is 37.0 Å². The van der Waals surface area contributed by atoms with Crippen LogP contribution in [0.1, 0.15) is 28.1 Å². The first-order valence-electron chi connectivity index (χ1n) is 5.84. The number of aryl methyl sites for hydroxylation is 1. The molecule has 1 fully saturated rings. The van der Waals surface area contributed by atoms with E-state index in [0.29, 0.717) is 6.04 Å². The van der Waals surface area contributed by atoms with E-state index in [-0.39, 0.29) is 5.91 Å². The number of hydrogen-bond donors (Lipinski definition) is 1. The number of halogens is 1.